The molecule has 0 radical (unpaired) electrons. The third kappa shape index (κ3) is 1.77. The van der Waals surface area contributed by atoms with Crippen LogP contribution in [0.1, 0.15) is 5.82 Å². The molecule has 54 valence electrons. The van der Waals surface area contributed by atoms with Crippen LogP contribution in [0.15, 0.2) is 12.4 Å². The molecule has 2 amide bonds. The van der Waals surface area contributed by atoms with Crippen LogP contribution in [0.3, 0.4) is 0 Å². The number of rotatable bonds is 2. The molecule has 0 unspecified atom stereocenters. The van der Waals surface area contributed by atoms with Crippen molar-refractivity contribution >= 4 is 6.03 Å². The summed E-state index contributed by atoms with van der Waals surface area (Å²) in [6.45, 7) is 0.350. The molecule has 5 nitrogen and oxygen atoms in total. The lowest BCUT2D eigenvalue weighted by molar-refractivity contribution is 0.248. The minimum Gasteiger partial charge on any atom is -0.352 e. The van der Waals surface area contributed by atoms with Gasteiger partial charge in [-0.15, -0.1) is 0 Å². The van der Waals surface area contributed by atoms with Crippen molar-refractivity contribution in [3.8, 4) is 0 Å². The summed E-state index contributed by atoms with van der Waals surface area (Å²) in [6.07, 6.45) is 3.29. The summed E-state index contributed by atoms with van der Waals surface area (Å²) in [5.41, 5.74) is 4.82. The van der Waals surface area contributed by atoms with Crippen molar-refractivity contribution in [2.24, 2.45) is 5.73 Å². The smallest absolute Gasteiger partial charge is 0.312 e. The second-order valence-electron chi connectivity index (χ2n) is 1.75. The number of urea groups is 1. The van der Waals surface area contributed by atoms with Gasteiger partial charge in [0.25, 0.3) is 0 Å². The Hall–Kier alpha value is -1.52. The second kappa shape index (κ2) is 2.86. The van der Waals surface area contributed by atoms with E-state index in [1.54, 1.807) is 12.4 Å². The van der Waals surface area contributed by atoms with Crippen LogP contribution < -0.4 is 11.1 Å². The van der Waals surface area contributed by atoms with Gasteiger partial charge in [0, 0.05) is 12.4 Å². The molecule has 0 aliphatic carbocycles. The van der Waals surface area contributed by atoms with Crippen molar-refractivity contribution in [1.82, 2.24) is 15.3 Å². The Morgan fingerprint density at radius 3 is 3.20 bits per heavy atom. The lowest BCUT2D eigenvalue weighted by Gasteiger charge is -1.95. The predicted octanol–water partition coefficient (Wildman–Crippen LogP) is -0.422. The first kappa shape index (κ1) is 6.60. The Morgan fingerprint density at radius 1 is 1.90 bits per heavy atom. The fourth-order valence-electron chi connectivity index (χ4n) is 0.565. The molecule has 1 aromatic rings. The number of hydrogen-bond donors (Lipinski definition) is 3. The van der Waals surface area contributed by atoms with Crippen molar-refractivity contribution < 1.29 is 4.79 Å². The van der Waals surface area contributed by atoms with Gasteiger partial charge in [-0.1, -0.05) is 0 Å². The number of hydrogen-bond acceptors (Lipinski definition) is 2. The van der Waals surface area contributed by atoms with Crippen molar-refractivity contribution in [3.05, 3.63) is 18.2 Å². The Balaban J connectivity index is 2.35. The van der Waals surface area contributed by atoms with E-state index in [0.29, 0.717) is 12.4 Å². The van der Waals surface area contributed by atoms with Gasteiger partial charge in [-0.2, -0.15) is 0 Å². The van der Waals surface area contributed by atoms with Gasteiger partial charge < -0.3 is 16.0 Å². The summed E-state index contributed by atoms with van der Waals surface area (Å²) in [4.78, 5) is 16.8. The molecule has 0 spiro atoms. The van der Waals surface area contributed by atoms with Crippen LogP contribution in [0.5, 0.6) is 0 Å². The highest BCUT2D eigenvalue weighted by molar-refractivity contribution is 5.71. The third-order valence-electron chi connectivity index (χ3n) is 0.985. The maximum Gasteiger partial charge on any atom is 0.312 e. The highest BCUT2D eigenvalue weighted by Gasteiger charge is 1.94. The van der Waals surface area contributed by atoms with E-state index in [1.165, 1.54) is 0 Å². The van der Waals surface area contributed by atoms with E-state index in [1.807, 2.05) is 0 Å². The predicted molar refractivity (Wildman–Crippen MR) is 35.0 cm³/mol. The zero-order valence-corrected chi connectivity index (χ0v) is 5.29. The Bertz CT molecular complexity index is 205. The summed E-state index contributed by atoms with van der Waals surface area (Å²) in [7, 11) is 0. The maximum absolute atomic E-state index is 10.2. The number of nitrogens with one attached hydrogen (secondary N) is 2. The molecule has 4 N–H and O–H groups in total. The van der Waals surface area contributed by atoms with Gasteiger partial charge in [0.1, 0.15) is 5.82 Å². The zero-order valence-electron chi connectivity index (χ0n) is 5.29. The number of H-pyrrole nitrogens is 1. The van der Waals surface area contributed by atoms with Crippen LogP contribution in [0, 0.1) is 0 Å². The molecule has 0 saturated heterocycles. The van der Waals surface area contributed by atoms with E-state index in [0.717, 1.165) is 0 Å². The Morgan fingerprint density at radius 2 is 2.70 bits per heavy atom. The van der Waals surface area contributed by atoms with Gasteiger partial charge in [-0.25, -0.2) is 9.78 Å². The average Bonchev–Trinajstić information content (AvgIpc) is 2.34. The molecule has 10 heavy (non-hydrogen) atoms. The molecular weight excluding hydrogens is 132 g/mol. The number of nitrogens with two attached hydrogens (primary N) is 1. The van der Waals surface area contributed by atoms with Crippen LogP contribution >= 0.6 is 0 Å². The molecular formula is C5H8N4O. The summed E-state index contributed by atoms with van der Waals surface area (Å²) < 4.78 is 0. The first-order valence-electron chi connectivity index (χ1n) is 2.80. The summed E-state index contributed by atoms with van der Waals surface area (Å²) in [5, 5.41) is 2.39. The van der Waals surface area contributed by atoms with Crippen LogP contribution in [-0.2, 0) is 6.54 Å². The number of aromatic amines is 1. The normalized spacial score (nSPS) is 9.20. The van der Waals surface area contributed by atoms with E-state index in [2.05, 4.69) is 15.3 Å². The molecule has 0 aromatic carbocycles. The van der Waals surface area contributed by atoms with Crippen molar-refractivity contribution in [1.29, 1.82) is 0 Å². The topological polar surface area (TPSA) is 83.8 Å². The van der Waals surface area contributed by atoms with Gasteiger partial charge in [0.15, 0.2) is 0 Å². The summed E-state index contributed by atoms with van der Waals surface area (Å²) >= 11 is 0. The number of aromatic nitrogens is 2. The number of amides is 2. The summed E-state index contributed by atoms with van der Waals surface area (Å²) in [6, 6.07) is -0.545. The highest BCUT2D eigenvalue weighted by atomic mass is 16.2. The van der Waals surface area contributed by atoms with Gasteiger partial charge >= 0.3 is 6.03 Å². The Labute approximate surface area is 57.6 Å². The first-order valence-corrected chi connectivity index (χ1v) is 2.80. The first-order chi connectivity index (χ1) is 4.79. The van der Waals surface area contributed by atoms with Gasteiger partial charge in [0.05, 0.1) is 6.54 Å². The molecule has 1 aromatic heterocycles. The zero-order chi connectivity index (χ0) is 7.40. The molecule has 1 rings (SSSR count). The molecule has 5 heteroatoms. The standard InChI is InChI=1S/C5H8N4O/c6-5(10)9-3-4-7-1-2-8-4/h1-2H,3H2,(H,7,8)(H3,6,9,10). The summed E-state index contributed by atoms with van der Waals surface area (Å²) in [5.74, 6) is 0.693. The monoisotopic (exact) mass is 140 g/mol. The van der Waals surface area contributed by atoms with E-state index < -0.39 is 6.03 Å². The van der Waals surface area contributed by atoms with E-state index in [-0.39, 0.29) is 0 Å². The van der Waals surface area contributed by atoms with Gasteiger partial charge in [-0.3, -0.25) is 0 Å². The number of primary amides is 1. The highest BCUT2D eigenvalue weighted by Crippen LogP contribution is 1.84. The van der Waals surface area contributed by atoms with Crippen LogP contribution in [0.25, 0.3) is 0 Å². The fraction of sp³-hybridized carbons (Fsp3) is 0.200. The number of carbonyl (C=O) groups excluding carboxylic acids is 1. The molecule has 0 aliphatic heterocycles. The van der Waals surface area contributed by atoms with Crippen LogP contribution in [0.2, 0.25) is 0 Å². The van der Waals surface area contributed by atoms with Crippen molar-refractivity contribution in [2.75, 3.05) is 0 Å². The minimum atomic E-state index is -0.545. The maximum atomic E-state index is 10.2. The minimum absolute atomic E-state index is 0.350. The lowest BCUT2D eigenvalue weighted by Crippen LogP contribution is -2.28. The molecule has 0 fully saturated rings. The van der Waals surface area contributed by atoms with E-state index in [4.69, 9.17) is 5.73 Å². The number of nitrogens with zero attached hydrogens (tertiary/aromatic N) is 1. The largest absolute Gasteiger partial charge is 0.352 e. The average molecular weight is 140 g/mol. The quantitative estimate of drug-likeness (QED) is 0.521. The SMILES string of the molecule is NC(=O)NCc1ncc[nH]1. The lowest BCUT2D eigenvalue weighted by atomic mass is 10.6. The van der Waals surface area contributed by atoms with Crippen LogP contribution in [-0.4, -0.2) is 16.0 Å². The Kier molecular flexibility index (Phi) is 1.89. The van der Waals surface area contributed by atoms with E-state index in [9.17, 15) is 4.79 Å². The molecule has 1 heterocycles. The number of carbonyl (C=O) groups is 1. The second-order valence-corrected chi connectivity index (χ2v) is 1.75. The number of imidazole rings is 1. The molecule has 0 bridgehead atoms. The van der Waals surface area contributed by atoms with E-state index >= 15 is 0 Å². The molecule has 0 saturated carbocycles. The van der Waals surface area contributed by atoms with Crippen molar-refractivity contribution in [2.45, 2.75) is 6.54 Å². The molecule has 0 aliphatic rings. The fourth-order valence-corrected chi connectivity index (χ4v) is 0.565. The molecule has 0 atom stereocenters. The van der Waals surface area contributed by atoms with Crippen molar-refractivity contribution in [3.63, 3.8) is 0 Å². The van der Waals surface area contributed by atoms with Gasteiger partial charge in [-0.05, 0) is 0 Å². The third-order valence-corrected chi connectivity index (χ3v) is 0.985. The van der Waals surface area contributed by atoms with Crippen LogP contribution in [0.4, 0.5) is 4.79 Å². The van der Waals surface area contributed by atoms with Gasteiger partial charge in [0.2, 0.25) is 0 Å².